The summed E-state index contributed by atoms with van der Waals surface area (Å²) in [5.74, 6) is 1.44. The van der Waals surface area contributed by atoms with Gasteiger partial charge in [-0.2, -0.15) is 0 Å². The summed E-state index contributed by atoms with van der Waals surface area (Å²) in [5, 5.41) is -0.707. The van der Waals surface area contributed by atoms with Crippen molar-refractivity contribution in [3.05, 3.63) is 0 Å². The topological polar surface area (TPSA) is 0 Å². The molecule has 0 saturated heterocycles. The quantitative estimate of drug-likeness (QED) is 0.331. The van der Waals surface area contributed by atoms with Crippen LogP contribution in [0.25, 0.3) is 0 Å². The molecule has 0 aromatic heterocycles. The Hall–Kier alpha value is 1.52. The van der Waals surface area contributed by atoms with Crippen LogP contribution in [0.4, 0.5) is 0 Å². The predicted molar refractivity (Wildman–Crippen MR) is 67.3 cm³/mol. The number of hydrogen-bond acceptors (Lipinski definition) is 1. The van der Waals surface area contributed by atoms with Gasteiger partial charge in [0.1, 0.15) is 0 Å². The SMILES string of the molecule is CCCC[S][Au][PH](CC)(CC)CC. The molecule has 0 aromatic rings. The van der Waals surface area contributed by atoms with Crippen molar-refractivity contribution in [3.8, 4) is 0 Å². The maximum absolute atomic E-state index is 2.43. The second kappa shape index (κ2) is 8.80. The van der Waals surface area contributed by atoms with Gasteiger partial charge in [0.2, 0.25) is 0 Å². The first kappa shape index (κ1) is 14.5. The summed E-state index contributed by atoms with van der Waals surface area (Å²) in [6.45, 7) is 9.57. The van der Waals surface area contributed by atoms with Gasteiger partial charge >= 0.3 is 97.1 Å². The van der Waals surface area contributed by atoms with Gasteiger partial charge in [0.15, 0.2) is 0 Å². The van der Waals surface area contributed by atoms with Gasteiger partial charge in [-0.05, 0) is 0 Å². The fraction of sp³-hybridized carbons (Fsp3) is 1.00. The van der Waals surface area contributed by atoms with E-state index < -0.39 is 5.15 Å². The molecule has 0 unspecified atom stereocenters. The van der Waals surface area contributed by atoms with Gasteiger partial charge in [0, 0.05) is 0 Å². The van der Waals surface area contributed by atoms with Gasteiger partial charge < -0.3 is 0 Å². The van der Waals surface area contributed by atoms with E-state index in [1.807, 2.05) is 0 Å². The first-order valence-corrected chi connectivity index (χ1v) is 14.6. The molecule has 0 atom stereocenters. The summed E-state index contributed by atoms with van der Waals surface area (Å²) < 4.78 is 0. The van der Waals surface area contributed by atoms with Crippen LogP contribution in [-0.4, -0.2) is 24.2 Å². The van der Waals surface area contributed by atoms with E-state index in [4.69, 9.17) is 0 Å². The Morgan fingerprint density at radius 1 is 1.00 bits per heavy atom. The van der Waals surface area contributed by atoms with Crippen LogP contribution in [0, 0.1) is 0 Å². The van der Waals surface area contributed by atoms with Crippen molar-refractivity contribution in [2.24, 2.45) is 0 Å². The monoisotopic (exact) mass is 405 g/mol. The second-order valence-electron chi connectivity index (χ2n) is 3.34. The fourth-order valence-electron chi connectivity index (χ4n) is 1.19. The van der Waals surface area contributed by atoms with Crippen molar-refractivity contribution in [2.45, 2.75) is 40.5 Å². The summed E-state index contributed by atoms with van der Waals surface area (Å²) >= 11 is 0.631. The molecule has 0 aliphatic heterocycles. The molecule has 0 aromatic carbocycles. The molecule has 0 heterocycles. The molecule has 0 aliphatic rings. The zero-order valence-electron chi connectivity index (χ0n) is 9.45. The molecule has 0 radical (unpaired) electrons. The summed E-state index contributed by atoms with van der Waals surface area (Å²) in [4.78, 5) is 0. The Balaban J connectivity index is 3.68. The number of unbranched alkanes of at least 4 members (excludes halogenated alkanes) is 1. The van der Waals surface area contributed by atoms with Crippen LogP contribution in [0.5, 0.6) is 0 Å². The predicted octanol–water partition coefficient (Wildman–Crippen LogP) is 4.24. The van der Waals surface area contributed by atoms with Crippen molar-refractivity contribution in [3.63, 3.8) is 0 Å². The Morgan fingerprint density at radius 2 is 1.54 bits per heavy atom. The Labute approximate surface area is 96.7 Å². The van der Waals surface area contributed by atoms with Crippen molar-refractivity contribution in [2.75, 3.05) is 24.2 Å². The molecule has 0 fully saturated rings. The van der Waals surface area contributed by atoms with Crippen molar-refractivity contribution >= 4 is 14.4 Å². The van der Waals surface area contributed by atoms with Crippen LogP contribution in [0.2, 0.25) is 0 Å². The average molecular weight is 405 g/mol. The van der Waals surface area contributed by atoms with Crippen LogP contribution >= 0.6 is 14.4 Å². The van der Waals surface area contributed by atoms with E-state index in [0.717, 1.165) is 0 Å². The van der Waals surface area contributed by atoms with Gasteiger partial charge in [0.25, 0.3) is 0 Å². The molecule has 0 aliphatic carbocycles. The molecule has 0 amide bonds. The molecule has 3 heteroatoms. The number of rotatable bonds is 8. The summed E-state index contributed by atoms with van der Waals surface area (Å²) in [7, 11) is 2.32. The molecule has 87 valence electrons. The van der Waals surface area contributed by atoms with E-state index in [-0.39, 0.29) is 0 Å². The van der Waals surface area contributed by atoms with E-state index in [1.54, 1.807) is 0 Å². The van der Waals surface area contributed by atoms with Crippen molar-refractivity contribution in [1.29, 1.82) is 0 Å². The molecule has 0 spiro atoms. The summed E-state index contributed by atoms with van der Waals surface area (Å²) in [5.41, 5.74) is 0. The average Bonchev–Trinajstić information content (AvgIpc) is 2.20. The Bertz CT molecular complexity index is 107. The van der Waals surface area contributed by atoms with E-state index in [2.05, 4.69) is 36.9 Å². The zero-order valence-corrected chi connectivity index (χ0v) is 13.4. The van der Waals surface area contributed by atoms with Gasteiger partial charge in [0.05, 0.1) is 0 Å². The minimum absolute atomic E-state index is 0.631. The summed E-state index contributed by atoms with van der Waals surface area (Å²) in [6, 6.07) is 0. The Kier molecular flexibility index (Phi) is 9.83. The van der Waals surface area contributed by atoms with E-state index in [1.165, 1.54) is 37.1 Å². The first-order valence-electron chi connectivity index (χ1n) is 5.45. The molecule has 0 saturated carbocycles. The molecule has 0 rings (SSSR count). The third-order valence-electron chi connectivity index (χ3n) is 2.55. The second-order valence-corrected chi connectivity index (χ2v) is 21.4. The van der Waals surface area contributed by atoms with Crippen molar-refractivity contribution < 1.29 is 17.9 Å². The van der Waals surface area contributed by atoms with Gasteiger partial charge in [-0.25, -0.2) is 0 Å². The maximum atomic E-state index is 2.43. The van der Waals surface area contributed by atoms with E-state index in [9.17, 15) is 0 Å². The Morgan fingerprint density at radius 3 is 1.92 bits per heavy atom. The van der Waals surface area contributed by atoms with Crippen LogP contribution in [-0.2, 0) is 17.9 Å². The standard InChI is InChI=1S/C6H15P.C4H10S.Au/c1-4-7(5-2)6-3;1-2-3-4-5;/h4-6H2,1-3H3;5H,2-4H2,1H3;. The van der Waals surface area contributed by atoms with Gasteiger partial charge in [-0.15, -0.1) is 0 Å². The zero-order chi connectivity index (χ0) is 10.2. The molecule has 0 bridgehead atoms. The van der Waals surface area contributed by atoms with Gasteiger partial charge in [-0.3, -0.25) is 0 Å². The molecule has 0 N–H and O–H groups in total. The molecule has 13 heavy (non-hydrogen) atoms. The van der Waals surface area contributed by atoms with E-state index >= 15 is 0 Å². The third-order valence-corrected chi connectivity index (χ3v) is 27.5. The van der Waals surface area contributed by atoms with Crippen LogP contribution < -0.4 is 0 Å². The molecular formula is C10H25AuPS. The van der Waals surface area contributed by atoms with Gasteiger partial charge in [-0.1, -0.05) is 0 Å². The normalized spacial score (nSPS) is 13.5. The first-order chi connectivity index (χ1) is 6.24. The molecular weight excluding hydrogens is 380 g/mol. The van der Waals surface area contributed by atoms with Crippen molar-refractivity contribution in [1.82, 2.24) is 0 Å². The fourth-order valence-corrected chi connectivity index (χ4v) is 22.4. The van der Waals surface area contributed by atoms with Crippen LogP contribution in [0.1, 0.15) is 40.5 Å². The minimum atomic E-state index is -0.707. The molecule has 0 nitrogen and oxygen atoms in total. The summed E-state index contributed by atoms with van der Waals surface area (Å²) in [6.07, 6.45) is 7.39. The van der Waals surface area contributed by atoms with Crippen LogP contribution in [0.15, 0.2) is 0 Å². The number of hydrogen-bond donors (Lipinski definition) is 0. The third kappa shape index (κ3) is 5.85. The van der Waals surface area contributed by atoms with E-state index in [0.29, 0.717) is 17.9 Å². The van der Waals surface area contributed by atoms with Crippen LogP contribution in [0.3, 0.4) is 0 Å².